The molecule has 1 amide bonds. The highest BCUT2D eigenvalue weighted by molar-refractivity contribution is 7.90. The molecular weight excluding hydrogens is 692 g/mol. The summed E-state index contributed by atoms with van der Waals surface area (Å²) in [6, 6.07) is 23.6. The summed E-state index contributed by atoms with van der Waals surface area (Å²) in [6.45, 7) is 9.70. The molecule has 0 bridgehead atoms. The van der Waals surface area contributed by atoms with E-state index in [1.54, 1.807) is 36.7 Å². The molecule has 53 heavy (non-hydrogen) atoms. The maximum absolute atomic E-state index is 16.1. The van der Waals surface area contributed by atoms with E-state index in [0.717, 1.165) is 35.2 Å². The lowest BCUT2D eigenvalue weighted by Crippen LogP contribution is -2.49. The van der Waals surface area contributed by atoms with Crippen molar-refractivity contribution in [2.45, 2.75) is 70.2 Å². The maximum atomic E-state index is 16.1. The number of amides is 1. The number of hydrogen-bond acceptors (Lipinski definition) is 8. The fourth-order valence-electron chi connectivity index (χ4n) is 6.82. The van der Waals surface area contributed by atoms with Crippen LogP contribution in [-0.2, 0) is 27.8 Å². The summed E-state index contributed by atoms with van der Waals surface area (Å²) >= 11 is 0. The number of anilines is 1. The molecule has 0 saturated carbocycles. The van der Waals surface area contributed by atoms with Crippen LogP contribution >= 0.6 is 0 Å². The van der Waals surface area contributed by atoms with Crippen LogP contribution in [0.4, 0.5) is 14.9 Å². The van der Waals surface area contributed by atoms with Crippen LogP contribution in [0.3, 0.4) is 0 Å². The highest BCUT2D eigenvalue weighted by atomic mass is 32.2. The van der Waals surface area contributed by atoms with Crippen molar-refractivity contribution in [2.24, 2.45) is 0 Å². The minimum Gasteiger partial charge on any atom is -0.444 e. The van der Waals surface area contributed by atoms with E-state index in [1.807, 2.05) is 76.2 Å². The average Bonchev–Trinajstić information content (AvgIpc) is 3.51. The van der Waals surface area contributed by atoms with Crippen LogP contribution in [0.5, 0.6) is 0 Å². The average molecular weight is 735 g/mol. The number of carbonyl (C=O) groups is 1. The van der Waals surface area contributed by atoms with Gasteiger partial charge in [-0.2, -0.15) is 0 Å². The van der Waals surface area contributed by atoms with Gasteiger partial charge in [-0.1, -0.05) is 48.0 Å². The predicted molar refractivity (Wildman–Crippen MR) is 206 cm³/mol. The molecular formula is C41H43FN6O4S. The van der Waals surface area contributed by atoms with E-state index in [1.165, 1.54) is 16.2 Å². The number of carbonyl (C=O) groups excluding carboxylic acids is 1. The Hall–Kier alpha value is -5.33. The number of halogens is 1. The highest BCUT2D eigenvalue weighted by Gasteiger charge is 2.27. The van der Waals surface area contributed by atoms with E-state index in [0.29, 0.717) is 48.1 Å². The fraction of sp³-hybridized carbons (Fsp3) is 0.293. The first-order valence-corrected chi connectivity index (χ1v) is 19.2. The quantitative estimate of drug-likeness (QED) is 0.155. The van der Waals surface area contributed by atoms with Gasteiger partial charge in [-0.3, -0.25) is 4.98 Å². The van der Waals surface area contributed by atoms with Crippen molar-refractivity contribution >= 4 is 43.7 Å². The van der Waals surface area contributed by atoms with Crippen LogP contribution in [-0.4, -0.2) is 53.2 Å². The molecule has 1 aliphatic heterocycles. The van der Waals surface area contributed by atoms with E-state index < -0.39 is 27.5 Å². The van der Waals surface area contributed by atoms with Gasteiger partial charge in [0.1, 0.15) is 16.9 Å². The second-order valence-electron chi connectivity index (χ2n) is 14.6. The number of aryl methyl sites for hydroxylation is 1. The Morgan fingerprint density at radius 1 is 0.962 bits per heavy atom. The molecule has 3 aromatic heterocycles. The number of fused-ring (bicyclic) bond motifs is 2. The minimum atomic E-state index is -4.06. The van der Waals surface area contributed by atoms with E-state index in [9.17, 15) is 13.2 Å². The lowest BCUT2D eigenvalue weighted by Gasteiger charge is -2.35. The molecule has 1 fully saturated rings. The van der Waals surface area contributed by atoms with Crippen LogP contribution in [0, 0.1) is 12.7 Å². The number of hydrogen-bond donors (Lipinski definition) is 2. The number of alkyl carbamates (subject to hydrolysis) is 1. The summed E-state index contributed by atoms with van der Waals surface area (Å²) in [6.07, 6.45) is 5.91. The Balaban J connectivity index is 1.29. The number of benzene rings is 3. The van der Waals surface area contributed by atoms with Gasteiger partial charge in [-0.15, -0.1) is 0 Å². The molecule has 4 heterocycles. The van der Waals surface area contributed by atoms with E-state index in [-0.39, 0.29) is 22.1 Å². The van der Waals surface area contributed by atoms with Crippen LogP contribution in [0.25, 0.3) is 33.1 Å². The smallest absolute Gasteiger partial charge is 0.407 e. The summed E-state index contributed by atoms with van der Waals surface area (Å²) in [5, 5.41) is 7.58. The van der Waals surface area contributed by atoms with E-state index in [2.05, 4.69) is 25.5 Å². The first-order chi connectivity index (χ1) is 25.4. The Morgan fingerprint density at radius 2 is 1.72 bits per heavy atom. The zero-order valence-electron chi connectivity index (χ0n) is 30.3. The molecule has 0 spiro atoms. The van der Waals surface area contributed by atoms with Crippen LogP contribution in [0.2, 0.25) is 0 Å². The second kappa shape index (κ2) is 14.6. The Bertz CT molecular complexity index is 2390. The fourth-order valence-corrected chi connectivity index (χ4v) is 8.14. The summed E-state index contributed by atoms with van der Waals surface area (Å²) in [5.74, 6) is -0.532. The Labute approximate surface area is 309 Å². The molecule has 1 atom stereocenters. The van der Waals surface area contributed by atoms with Crippen LogP contribution in [0.15, 0.2) is 102 Å². The second-order valence-corrected chi connectivity index (χ2v) is 16.4. The van der Waals surface area contributed by atoms with Crippen molar-refractivity contribution in [3.8, 4) is 11.1 Å². The molecule has 0 unspecified atom stereocenters. The number of aromatic nitrogens is 3. The first-order valence-electron chi connectivity index (χ1n) is 17.8. The van der Waals surface area contributed by atoms with Crippen LogP contribution in [0.1, 0.15) is 50.3 Å². The van der Waals surface area contributed by atoms with Gasteiger partial charge in [-0.05, 0) is 93.6 Å². The van der Waals surface area contributed by atoms with Gasteiger partial charge < -0.3 is 20.3 Å². The zero-order valence-corrected chi connectivity index (χ0v) is 31.1. The lowest BCUT2D eigenvalue weighted by atomic mass is 10.00. The summed E-state index contributed by atoms with van der Waals surface area (Å²) in [5.41, 5.74) is 4.52. The number of rotatable bonds is 9. The van der Waals surface area contributed by atoms with Crippen molar-refractivity contribution in [1.29, 1.82) is 0 Å². The first kappa shape index (κ1) is 36.0. The summed E-state index contributed by atoms with van der Waals surface area (Å²) < 4.78 is 51.1. The molecule has 1 saturated heterocycles. The molecule has 1 aliphatic rings. The molecule has 3 aromatic carbocycles. The molecule has 6 aromatic rings. The van der Waals surface area contributed by atoms with Crippen molar-refractivity contribution in [3.63, 3.8) is 0 Å². The largest absolute Gasteiger partial charge is 0.444 e. The lowest BCUT2D eigenvalue weighted by molar-refractivity contribution is 0.0500. The van der Waals surface area contributed by atoms with Gasteiger partial charge in [0, 0.05) is 72.8 Å². The maximum Gasteiger partial charge on any atom is 0.407 e. The Morgan fingerprint density at radius 3 is 2.47 bits per heavy atom. The summed E-state index contributed by atoms with van der Waals surface area (Å²) in [7, 11) is -4.06. The SMILES string of the molecule is Cc1ccc(S(=O)(=O)n2cc(-c3cc(F)c4nccc(N5CCC[C@@H](NC(=O)OC(C)(C)C)C5)c4c3)c3cc(CNCc4ccccc4)cnc32)cc1. The number of nitrogens with one attached hydrogen (secondary N) is 2. The molecule has 10 nitrogen and oxygen atoms in total. The third-order valence-electron chi connectivity index (χ3n) is 9.32. The third-order valence-corrected chi connectivity index (χ3v) is 11.0. The minimum absolute atomic E-state index is 0.123. The van der Waals surface area contributed by atoms with E-state index >= 15 is 4.39 Å². The van der Waals surface area contributed by atoms with Gasteiger partial charge >= 0.3 is 6.09 Å². The Kier molecular flexibility index (Phi) is 9.93. The molecule has 7 rings (SSSR count). The number of pyridine rings is 2. The number of ether oxygens (including phenoxy) is 1. The highest BCUT2D eigenvalue weighted by Crippen LogP contribution is 2.38. The zero-order chi connectivity index (χ0) is 37.3. The predicted octanol–water partition coefficient (Wildman–Crippen LogP) is 7.72. The molecule has 274 valence electrons. The molecule has 2 N–H and O–H groups in total. The number of nitrogens with zero attached hydrogens (tertiary/aromatic N) is 4. The van der Waals surface area contributed by atoms with Gasteiger partial charge in [0.05, 0.1) is 4.90 Å². The standard InChI is InChI=1S/C41H43FN6O4S/c1-27-12-14-32(15-13-27)53(50,51)48-26-35(33-19-29(24-45-39(33)48)23-43-22-28-9-6-5-7-10-28)30-20-34-37(16-17-44-38(34)36(42)21-30)47-18-8-11-31(25-47)46-40(49)52-41(2,3)4/h5-7,9-10,12-17,19-21,24,26,31,43H,8,11,18,22-23,25H2,1-4H3,(H,46,49)/t31-/m1/s1. The monoisotopic (exact) mass is 734 g/mol. The van der Waals surface area contributed by atoms with Gasteiger partial charge in [0.15, 0.2) is 5.65 Å². The van der Waals surface area contributed by atoms with Gasteiger partial charge in [0.25, 0.3) is 10.0 Å². The van der Waals surface area contributed by atoms with Crippen LogP contribution < -0.4 is 15.5 Å². The molecule has 0 radical (unpaired) electrons. The van der Waals surface area contributed by atoms with Crippen molar-refractivity contribution in [3.05, 3.63) is 120 Å². The van der Waals surface area contributed by atoms with E-state index in [4.69, 9.17) is 4.74 Å². The van der Waals surface area contributed by atoms with Crippen molar-refractivity contribution in [1.82, 2.24) is 24.6 Å². The topological polar surface area (TPSA) is 118 Å². The number of piperidine rings is 1. The van der Waals surface area contributed by atoms with Gasteiger partial charge in [0.2, 0.25) is 0 Å². The third kappa shape index (κ3) is 7.89. The normalized spacial score (nSPS) is 15.2. The molecule has 12 heteroatoms. The van der Waals surface area contributed by atoms with Crippen molar-refractivity contribution < 1.29 is 22.3 Å². The molecule has 0 aliphatic carbocycles. The van der Waals surface area contributed by atoms with Gasteiger partial charge in [-0.25, -0.2) is 26.6 Å². The van der Waals surface area contributed by atoms with Crippen molar-refractivity contribution in [2.75, 3.05) is 18.0 Å². The summed E-state index contributed by atoms with van der Waals surface area (Å²) in [4.78, 5) is 23.9.